The van der Waals surface area contributed by atoms with Crippen LogP contribution in [0.5, 0.6) is 0 Å². The first-order chi connectivity index (χ1) is 6.46. The molecule has 0 radical (unpaired) electrons. The zero-order chi connectivity index (χ0) is 10.8. The Labute approximate surface area is 85.8 Å². The Morgan fingerprint density at radius 3 is 2.43 bits per heavy atom. The monoisotopic (exact) mass is 200 g/mol. The van der Waals surface area contributed by atoms with Crippen molar-refractivity contribution in [2.75, 3.05) is 0 Å². The van der Waals surface area contributed by atoms with E-state index in [0.29, 0.717) is 6.42 Å². The first-order valence-electron chi connectivity index (χ1n) is 5.34. The van der Waals surface area contributed by atoms with Gasteiger partial charge in [0.2, 0.25) is 0 Å². The average molecular weight is 200 g/mol. The number of unbranched alkanes of at least 4 members (excludes halogenated alkanes) is 1. The lowest BCUT2D eigenvalue weighted by atomic mass is 10.1. The zero-order valence-corrected chi connectivity index (χ0v) is 9.50. The lowest BCUT2D eigenvalue weighted by molar-refractivity contribution is -0.154. The average Bonchev–Trinajstić information content (AvgIpc) is 2.35. The van der Waals surface area contributed by atoms with Crippen LogP contribution in [0, 0.1) is 0 Å². The first kappa shape index (κ1) is 11.7. The van der Waals surface area contributed by atoms with E-state index < -0.39 is 5.79 Å². The van der Waals surface area contributed by atoms with Crippen molar-refractivity contribution in [3.63, 3.8) is 0 Å². The van der Waals surface area contributed by atoms with E-state index in [9.17, 15) is 4.79 Å². The van der Waals surface area contributed by atoms with Crippen molar-refractivity contribution in [3.8, 4) is 0 Å². The molecule has 0 saturated carbocycles. The lowest BCUT2D eigenvalue weighted by Gasteiger charge is -2.16. The third kappa shape index (κ3) is 2.79. The molecule has 0 spiro atoms. The molecule has 3 heteroatoms. The molecule has 0 bridgehead atoms. The van der Waals surface area contributed by atoms with E-state index in [0.717, 1.165) is 12.8 Å². The molecule has 0 amide bonds. The van der Waals surface area contributed by atoms with Crippen LogP contribution in [0.2, 0.25) is 0 Å². The molecule has 82 valence electrons. The highest BCUT2D eigenvalue weighted by Crippen LogP contribution is 2.29. The van der Waals surface area contributed by atoms with E-state index >= 15 is 0 Å². The summed E-state index contributed by atoms with van der Waals surface area (Å²) in [6.45, 7) is 7.66. The molecule has 0 aromatic heterocycles. The minimum Gasteiger partial charge on any atom is -0.344 e. The maximum atomic E-state index is 11.7. The standard InChI is InChI=1S/C11H20O3/c1-5-6-7-9(12)10-8(2)13-11(3,4)14-10/h8,10H,5-7H2,1-4H3/t8-,10+/m1/s1. The molecule has 1 fully saturated rings. The second-order valence-electron chi connectivity index (χ2n) is 4.33. The molecule has 14 heavy (non-hydrogen) atoms. The first-order valence-corrected chi connectivity index (χ1v) is 5.34. The molecular weight excluding hydrogens is 180 g/mol. The second-order valence-corrected chi connectivity index (χ2v) is 4.33. The van der Waals surface area contributed by atoms with Crippen molar-refractivity contribution >= 4 is 5.78 Å². The van der Waals surface area contributed by atoms with Gasteiger partial charge in [-0.1, -0.05) is 13.3 Å². The number of hydrogen-bond donors (Lipinski definition) is 0. The topological polar surface area (TPSA) is 35.5 Å². The normalized spacial score (nSPS) is 30.6. The molecule has 0 unspecified atom stereocenters. The van der Waals surface area contributed by atoms with Crippen molar-refractivity contribution in [1.82, 2.24) is 0 Å². The maximum absolute atomic E-state index is 11.7. The van der Waals surface area contributed by atoms with Crippen LogP contribution >= 0.6 is 0 Å². The molecule has 0 aromatic rings. The van der Waals surface area contributed by atoms with Gasteiger partial charge < -0.3 is 9.47 Å². The lowest BCUT2D eigenvalue weighted by Crippen LogP contribution is -2.29. The van der Waals surface area contributed by atoms with Gasteiger partial charge in [-0.05, 0) is 27.2 Å². The molecule has 1 aliphatic rings. The number of carbonyl (C=O) groups is 1. The Bertz CT molecular complexity index is 211. The Morgan fingerprint density at radius 1 is 1.36 bits per heavy atom. The molecule has 1 rings (SSSR count). The van der Waals surface area contributed by atoms with E-state index in [1.165, 1.54) is 0 Å². The highest BCUT2D eigenvalue weighted by Gasteiger charge is 2.41. The number of rotatable bonds is 4. The van der Waals surface area contributed by atoms with E-state index in [2.05, 4.69) is 6.92 Å². The van der Waals surface area contributed by atoms with Crippen molar-refractivity contribution in [2.24, 2.45) is 0 Å². The van der Waals surface area contributed by atoms with Crippen LogP contribution in [0.3, 0.4) is 0 Å². The van der Waals surface area contributed by atoms with Gasteiger partial charge in [0.15, 0.2) is 11.6 Å². The smallest absolute Gasteiger partial charge is 0.164 e. The summed E-state index contributed by atoms with van der Waals surface area (Å²) in [6, 6.07) is 0. The number of Topliss-reactive ketones (excluding diaryl/α,β-unsaturated/α-hetero) is 1. The number of carbonyl (C=O) groups excluding carboxylic acids is 1. The van der Waals surface area contributed by atoms with Crippen molar-refractivity contribution in [1.29, 1.82) is 0 Å². The van der Waals surface area contributed by atoms with Gasteiger partial charge in [0.1, 0.15) is 6.10 Å². The van der Waals surface area contributed by atoms with E-state index in [1.807, 2.05) is 20.8 Å². The van der Waals surface area contributed by atoms with Crippen LogP contribution in [0.4, 0.5) is 0 Å². The van der Waals surface area contributed by atoms with E-state index in [1.54, 1.807) is 0 Å². The van der Waals surface area contributed by atoms with Gasteiger partial charge in [0.05, 0.1) is 6.10 Å². The van der Waals surface area contributed by atoms with Gasteiger partial charge in [0, 0.05) is 6.42 Å². The fourth-order valence-corrected chi connectivity index (χ4v) is 1.76. The summed E-state index contributed by atoms with van der Waals surface area (Å²) < 4.78 is 11.1. The summed E-state index contributed by atoms with van der Waals surface area (Å²) >= 11 is 0. The van der Waals surface area contributed by atoms with Gasteiger partial charge in [-0.3, -0.25) is 4.79 Å². The minimum atomic E-state index is -0.605. The van der Waals surface area contributed by atoms with E-state index in [4.69, 9.17) is 9.47 Å². The summed E-state index contributed by atoms with van der Waals surface area (Å²) in [5.41, 5.74) is 0. The number of hydrogen-bond acceptors (Lipinski definition) is 3. The van der Waals surface area contributed by atoms with Crippen LogP contribution < -0.4 is 0 Å². The predicted molar refractivity (Wildman–Crippen MR) is 54.0 cm³/mol. The highest BCUT2D eigenvalue weighted by molar-refractivity contribution is 5.83. The van der Waals surface area contributed by atoms with Gasteiger partial charge in [0.25, 0.3) is 0 Å². The van der Waals surface area contributed by atoms with Gasteiger partial charge in [-0.15, -0.1) is 0 Å². The molecule has 1 aliphatic heterocycles. The maximum Gasteiger partial charge on any atom is 0.164 e. The van der Waals surface area contributed by atoms with E-state index in [-0.39, 0.29) is 18.0 Å². The summed E-state index contributed by atoms with van der Waals surface area (Å²) in [5, 5.41) is 0. The Balaban J connectivity index is 2.49. The van der Waals surface area contributed by atoms with Crippen molar-refractivity contribution < 1.29 is 14.3 Å². The summed E-state index contributed by atoms with van der Waals surface area (Å²) in [4.78, 5) is 11.7. The number of ether oxygens (including phenoxy) is 2. The third-order valence-corrected chi connectivity index (χ3v) is 2.40. The quantitative estimate of drug-likeness (QED) is 0.698. The van der Waals surface area contributed by atoms with Crippen molar-refractivity contribution in [2.45, 2.75) is 65.0 Å². The molecular formula is C11H20O3. The Morgan fingerprint density at radius 2 is 2.00 bits per heavy atom. The third-order valence-electron chi connectivity index (χ3n) is 2.40. The SMILES string of the molecule is CCCCC(=O)[C@H]1OC(C)(C)O[C@@H]1C. The second kappa shape index (κ2) is 4.41. The molecule has 3 nitrogen and oxygen atoms in total. The highest BCUT2D eigenvalue weighted by atomic mass is 16.8. The van der Waals surface area contributed by atoms with Gasteiger partial charge in [-0.2, -0.15) is 0 Å². The minimum absolute atomic E-state index is 0.116. The van der Waals surface area contributed by atoms with Crippen LogP contribution in [0.15, 0.2) is 0 Å². The van der Waals surface area contributed by atoms with Crippen LogP contribution in [-0.2, 0) is 14.3 Å². The summed E-state index contributed by atoms with van der Waals surface area (Å²) in [5.74, 6) is -0.434. The van der Waals surface area contributed by atoms with Crippen LogP contribution in [-0.4, -0.2) is 23.8 Å². The largest absolute Gasteiger partial charge is 0.344 e. The Kier molecular flexibility index (Phi) is 3.67. The molecule has 0 N–H and O–H groups in total. The molecule has 0 aliphatic carbocycles. The van der Waals surface area contributed by atoms with Crippen molar-refractivity contribution in [3.05, 3.63) is 0 Å². The van der Waals surface area contributed by atoms with Gasteiger partial charge >= 0.3 is 0 Å². The van der Waals surface area contributed by atoms with Gasteiger partial charge in [-0.25, -0.2) is 0 Å². The summed E-state index contributed by atoms with van der Waals surface area (Å²) in [6.07, 6.45) is 2.10. The molecule has 1 heterocycles. The fraction of sp³-hybridized carbons (Fsp3) is 0.909. The molecule has 0 aromatic carbocycles. The number of ketones is 1. The molecule has 2 atom stereocenters. The fourth-order valence-electron chi connectivity index (χ4n) is 1.76. The van der Waals surface area contributed by atoms with Crippen LogP contribution in [0.25, 0.3) is 0 Å². The Hall–Kier alpha value is -0.410. The summed E-state index contributed by atoms with van der Waals surface area (Å²) in [7, 11) is 0. The molecule has 1 saturated heterocycles. The van der Waals surface area contributed by atoms with Crippen LogP contribution in [0.1, 0.15) is 47.0 Å². The predicted octanol–water partition coefficient (Wildman–Crippen LogP) is 2.29. The zero-order valence-electron chi connectivity index (χ0n) is 9.50.